The number of piperidine rings is 1. The van der Waals surface area contributed by atoms with E-state index in [1.807, 2.05) is 38.1 Å². The summed E-state index contributed by atoms with van der Waals surface area (Å²) in [7, 11) is 0. The molecule has 162 valence electrons. The van der Waals surface area contributed by atoms with Gasteiger partial charge in [-0.05, 0) is 67.0 Å². The molecule has 1 aromatic heterocycles. The monoisotopic (exact) mass is 417 g/mol. The van der Waals surface area contributed by atoms with Crippen LogP contribution in [0.5, 0.6) is 0 Å². The van der Waals surface area contributed by atoms with Crippen molar-refractivity contribution in [2.75, 3.05) is 6.54 Å². The molecule has 1 fully saturated rings. The maximum atomic E-state index is 13.6. The lowest BCUT2D eigenvalue weighted by molar-refractivity contribution is -0.0264. The Morgan fingerprint density at radius 2 is 1.97 bits per heavy atom. The molecule has 31 heavy (non-hydrogen) atoms. The summed E-state index contributed by atoms with van der Waals surface area (Å²) in [5.41, 5.74) is 5.03. The van der Waals surface area contributed by atoms with Crippen molar-refractivity contribution in [3.05, 3.63) is 65.0 Å². The molecule has 2 heterocycles. The minimum absolute atomic E-state index is 0.0589. The first-order valence-corrected chi connectivity index (χ1v) is 11.1. The Bertz CT molecular complexity index is 1190. The van der Waals surface area contributed by atoms with E-state index in [-0.39, 0.29) is 22.8 Å². The second kappa shape index (κ2) is 6.42. The van der Waals surface area contributed by atoms with Crippen molar-refractivity contribution < 1.29 is 9.90 Å². The van der Waals surface area contributed by atoms with Crippen molar-refractivity contribution in [2.24, 2.45) is 5.41 Å². The summed E-state index contributed by atoms with van der Waals surface area (Å²) < 4.78 is 0. The molecule has 5 rings (SSSR count). The van der Waals surface area contributed by atoms with Crippen LogP contribution >= 0.6 is 0 Å². The number of hydrogen-bond acceptors (Lipinski definition) is 3. The molecule has 0 saturated carbocycles. The lowest BCUT2D eigenvalue weighted by Crippen LogP contribution is -2.64. The zero-order valence-corrected chi connectivity index (χ0v) is 19.0. The summed E-state index contributed by atoms with van der Waals surface area (Å²) in [5.74, 6) is 0.0909. The first-order valence-electron chi connectivity index (χ1n) is 11.1. The zero-order chi connectivity index (χ0) is 22.2. The molecule has 2 aliphatic rings. The van der Waals surface area contributed by atoms with Gasteiger partial charge in [0.15, 0.2) is 0 Å². The van der Waals surface area contributed by atoms with Gasteiger partial charge in [0.05, 0.1) is 23.0 Å². The number of fused-ring (bicyclic) bond motifs is 5. The van der Waals surface area contributed by atoms with Gasteiger partial charge >= 0.3 is 0 Å². The number of benzene rings is 2. The predicted octanol–water partition coefficient (Wildman–Crippen LogP) is 4.55. The zero-order valence-electron chi connectivity index (χ0n) is 19.0. The number of likely N-dealkylation sites (tertiary alicyclic amines) is 1. The number of aromatic amines is 1. The van der Waals surface area contributed by atoms with Crippen LogP contribution in [0.3, 0.4) is 0 Å². The molecule has 2 N–H and O–H groups in total. The lowest BCUT2D eigenvalue weighted by Gasteiger charge is -2.61. The number of amides is 1. The maximum Gasteiger partial charge on any atom is 0.254 e. The van der Waals surface area contributed by atoms with Gasteiger partial charge in [-0.3, -0.25) is 4.79 Å². The third-order valence-electron chi connectivity index (χ3n) is 8.24. The predicted molar refractivity (Wildman–Crippen MR) is 122 cm³/mol. The van der Waals surface area contributed by atoms with Gasteiger partial charge in [-0.1, -0.05) is 39.0 Å². The van der Waals surface area contributed by atoms with Crippen LogP contribution in [0.1, 0.15) is 68.1 Å². The standard InChI is InChI=1S/C26H31N3O2/c1-24(2)22-13-16-6-8-18(25(3,4)31)14-19(16)26(24,5)10-11-29(22)23(30)17-7-9-20-21(12-17)28-15-27-20/h6-9,12,14-15,22,31H,10-11,13H2,1-5H3,(H,27,28). The van der Waals surface area contributed by atoms with Gasteiger partial charge in [0.25, 0.3) is 5.91 Å². The molecule has 1 aliphatic heterocycles. The maximum absolute atomic E-state index is 13.6. The van der Waals surface area contributed by atoms with Crippen LogP contribution in [0.25, 0.3) is 11.0 Å². The molecule has 0 radical (unpaired) electrons. The van der Waals surface area contributed by atoms with E-state index in [1.165, 1.54) is 11.1 Å². The van der Waals surface area contributed by atoms with Gasteiger partial charge in [-0.2, -0.15) is 0 Å². The molecule has 0 spiro atoms. The van der Waals surface area contributed by atoms with E-state index in [1.54, 1.807) is 6.33 Å². The molecule has 3 aromatic rings. The van der Waals surface area contributed by atoms with Gasteiger partial charge in [0.1, 0.15) is 0 Å². The summed E-state index contributed by atoms with van der Waals surface area (Å²) in [6.07, 6.45) is 3.40. The number of rotatable bonds is 2. The SMILES string of the molecule is CC(C)(O)c1ccc2c(c1)C1(C)CCN(C(=O)c3ccc4nc[nH]c4c3)C(C2)C1(C)C. The molecular formula is C26H31N3O2. The number of carbonyl (C=O) groups excluding carboxylic acids is 1. The van der Waals surface area contributed by atoms with Gasteiger partial charge in [-0.15, -0.1) is 0 Å². The molecule has 1 amide bonds. The Labute approximate surface area is 183 Å². The van der Waals surface area contributed by atoms with E-state index < -0.39 is 5.60 Å². The number of hydrogen-bond donors (Lipinski definition) is 2. The molecule has 2 bridgehead atoms. The number of H-pyrrole nitrogens is 1. The first kappa shape index (κ1) is 20.3. The second-order valence-corrected chi connectivity index (χ2v) is 10.6. The van der Waals surface area contributed by atoms with E-state index in [9.17, 15) is 9.90 Å². The molecule has 5 nitrogen and oxygen atoms in total. The Morgan fingerprint density at radius 3 is 2.71 bits per heavy atom. The number of aliphatic hydroxyl groups is 1. The second-order valence-electron chi connectivity index (χ2n) is 10.6. The Kier molecular flexibility index (Phi) is 4.20. The lowest BCUT2D eigenvalue weighted by atomic mass is 9.50. The highest BCUT2D eigenvalue weighted by Crippen LogP contribution is 2.56. The van der Waals surface area contributed by atoms with Crippen LogP contribution in [-0.4, -0.2) is 38.5 Å². The third kappa shape index (κ3) is 2.86. The van der Waals surface area contributed by atoms with Crippen LogP contribution in [0.4, 0.5) is 0 Å². The van der Waals surface area contributed by atoms with Crippen molar-refractivity contribution in [3.8, 4) is 0 Å². The average molecular weight is 418 g/mol. The van der Waals surface area contributed by atoms with Crippen molar-refractivity contribution >= 4 is 16.9 Å². The fraction of sp³-hybridized carbons (Fsp3) is 0.462. The quantitative estimate of drug-likeness (QED) is 0.643. The minimum atomic E-state index is -0.867. The number of nitrogens with zero attached hydrogens (tertiary/aromatic N) is 2. The van der Waals surface area contributed by atoms with Crippen LogP contribution in [0, 0.1) is 5.41 Å². The molecule has 2 aromatic carbocycles. The highest BCUT2D eigenvalue weighted by Gasteiger charge is 2.57. The van der Waals surface area contributed by atoms with E-state index in [0.29, 0.717) is 5.56 Å². The van der Waals surface area contributed by atoms with E-state index in [0.717, 1.165) is 36.0 Å². The molecule has 5 heteroatoms. The first-order chi connectivity index (χ1) is 14.5. The number of imidazole rings is 1. The number of aromatic nitrogens is 2. The van der Waals surface area contributed by atoms with E-state index >= 15 is 0 Å². The molecule has 2 atom stereocenters. The molecule has 2 unspecified atom stereocenters. The van der Waals surface area contributed by atoms with Crippen molar-refractivity contribution in [3.63, 3.8) is 0 Å². The minimum Gasteiger partial charge on any atom is -0.386 e. The smallest absolute Gasteiger partial charge is 0.254 e. The summed E-state index contributed by atoms with van der Waals surface area (Å²) >= 11 is 0. The molecule has 1 aliphatic carbocycles. The highest BCUT2D eigenvalue weighted by molar-refractivity contribution is 5.97. The number of carbonyl (C=O) groups is 1. The Hall–Kier alpha value is -2.66. The highest BCUT2D eigenvalue weighted by atomic mass is 16.3. The van der Waals surface area contributed by atoms with Gasteiger partial charge in [-0.25, -0.2) is 4.98 Å². The molecule has 1 saturated heterocycles. The summed E-state index contributed by atoms with van der Waals surface area (Å²) in [6, 6.07) is 12.2. The summed E-state index contributed by atoms with van der Waals surface area (Å²) in [4.78, 5) is 23.1. The van der Waals surface area contributed by atoms with Crippen molar-refractivity contribution in [1.29, 1.82) is 0 Å². The van der Waals surface area contributed by atoms with Crippen LogP contribution in [0.2, 0.25) is 0 Å². The third-order valence-corrected chi connectivity index (χ3v) is 8.24. The van der Waals surface area contributed by atoms with Crippen molar-refractivity contribution in [2.45, 2.75) is 64.5 Å². The number of nitrogens with one attached hydrogen (secondary N) is 1. The summed E-state index contributed by atoms with van der Waals surface area (Å²) in [5, 5.41) is 10.6. The fourth-order valence-electron chi connectivity index (χ4n) is 5.76. The normalized spacial score (nSPS) is 24.8. The van der Waals surface area contributed by atoms with Gasteiger partial charge in [0, 0.05) is 23.6 Å². The van der Waals surface area contributed by atoms with Gasteiger partial charge in [0.2, 0.25) is 0 Å². The average Bonchev–Trinajstić information content (AvgIpc) is 3.17. The van der Waals surface area contributed by atoms with Crippen LogP contribution in [0.15, 0.2) is 42.7 Å². The van der Waals surface area contributed by atoms with Crippen LogP contribution in [-0.2, 0) is 17.4 Å². The fourth-order valence-corrected chi connectivity index (χ4v) is 5.76. The van der Waals surface area contributed by atoms with E-state index in [4.69, 9.17) is 0 Å². The van der Waals surface area contributed by atoms with E-state index in [2.05, 4.69) is 47.8 Å². The Balaban J connectivity index is 1.55. The van der Waals surface area contributed by atoms with Crippen LogP contribution < -0.4 is 0 Å². The molecular weight excluding hydrogens is 386 g/mol. The van der Waals surface area contributed by atoms with Crippen molar-refractivity contribution in [1.82, 2.24) is 14.9 Å². The largest absolute Gasteiger partial charge is 0.386 e. The van der Waals surface area contributed by atoms with Gasteiger partial charge < -0.3 is 15.0 Å². The Morgan fingerprint density at radius 1 is 1.19 bits per heavy atom. The summed E-state index contributed by atoms with van der Waals surface area (Å²) in [6.45, 7) is 11.3. The topological polar surface area (TPSA) is 69.2 Å².